The van der Waals surface area contributed by atoms with Gasteiger partial charge in [0.25, 0.3) is 0 Å². The van der Waals surface area contributed by atoms with Crippen molar-refractivity contribution in [2.24, 2.45) is 0 Å². The average Bonchev–Trinajstić information content (AvgIpc) is 2.37. The van der Waals surface area contributed by atoms with Gasteiger partial charge in [0.2, 0.25) is 0 Å². The van der Waals surface area contributed by atoms with E-state index in [0.717, 1.165) is 10.2 Å². The number of aryl methyl sites for hydroxylation is 1. The number of benzene rings is 1. The van der Waals surface area contributed by atoms with E-state index in [1.54, 1.807) is 31.2 Å². The number of carboxylic acids is 1. The molecule has 0 unspecified atom stereocenters. The van der Waals surface area contributed by atoms with Crippen molar-refractivity contribution < 1.29 is 9.90 Å². The Morgan fingerprint density at radius 2 is 2.15 bits per heavy atom. The van der Waals surface area contributed by atoms with Crippen LogP contribution in [0.15, 0.2) is 44.7 Å². The number of rotatable bonds is 3. The predicted molar refractivity (Wildman–Crippen MR) is 78.9 cm³/mol. The second-order valence-electron chi connectivity index (χ2n) is 3.99. The zero-order valence-electron chi connectivity index (χ0n) is 10.4. The highest BCUT2D eigenvalue weighted by molar-refractivity contribution is 9.10. The highest BCUT2D eigenvalue weighted by Crippen LogP contribution is 2.32. The lowest BCUT2D eigenvalue weighted by atomic mass is 10.2. The van der Waals surface area contributed by atoms with Gasteiger partial charge >= 0.3 is 5.97 Å². The Morgan fingerprint density at radius 3 is 2.80 bits per heavy atom. The minimum absolute atomic E-state index is 0.208. The molecule has 20 heavy (non-hydrogen) atoms. The molecule has 0 fully saturated rings. The maximum absolute atomic E-state index is 11.2. The smallest absolute Gasteiger partial charge is 0.336 e. The van der Waals surface area contributed by atoms with Gasteiger partial charge in [0.1, 0.15) is 5.03 Å². The maximum Gasteiger partial charge on any atom is 0.336 e. The third-order valence-electron chi connectivity index (χ3n) is 2.45. The summed E-state index contributed by atoms with van der Waals surface area (Å²) in [5.74, 6) is -0.992. The molecule has 0 aliphatic carbocycles. The molecule has 0 aliphatic rings. The summed E-state index contributed by atoms with van der Waals surface area (Å²) in [4.78, 5) is 16.1. The third-order valence-corrected chi connectivity index (χ3v) is 3.92. The van der Waals surface area contributed by atoms with Gasteiger partial charge in [0.05, 0.1) is 17.2 Å². The second kappa shape index (κ2) is 6.07. The molecule has 0 saturated carbocycles. The van der Waals surface area contributed by atoms with Crippen molar-refractivity contribution in [1.29, 1.82) is 5.26 Å². The van der Waals surface area contributed by atoms with E-state index in [0.29, 0.717) is 15.5 Å². The number of hydrogen-bond acceptors (Lipinski definition) is 4. The maximum atomic E-state index is 11.2. The third kappa shape index (κ3) is 3.38. The quantitative estimate of drug-likeness (QED) is 0.910. The molecule has 1 heterocycles. The normalized spacial score (nSPS) is 10.1. The highest BCUT2D eigenvalue weighted by Gasteiger charge is 2.13. The van der Waals surface area contributed by atoms with Crippen LogP contribution < -0.4 is 0 Å². The van der Waals surface area contributed by atoms with E-state index in [2.05, 4.69) is 27.0 Å². The number of carboxylic acid groups (broad SMARTS) is 1. The van der Waals surface area contributed by atoms with Gasteiger partial charge in [-0.25, -0.2) is 9.78 Å². The van der Waals surface area contributed by atoms with Crippen molar-refractivity contribution in [2.45, 2.75) is 16.8 Å². The van der Waals surface area contributed by atoms with Gasteiger partial charge in [-0.1, -0.05) is 27.7 Å². The van der Waals surface area contributed by atoms with E-state index < -0.39 is 5.97 Å². The molecule has 100 valence electrons. The van der Waals surface area contributed by atoms with Crippen LogP contribution in [0.2, 0.25) is 0 Å². The van der Waals surface area contributed by atoms with Crippen LogP contribution in [-0.2, 0) is 0 Å². The monoisotopic (exact) mass is 348 g/mol. The van der Waals surface area contributed by atoms with Crippen LogP contribution in [0.5, 0.6) is 0 Å². The number of hydrogen-bond donors (Lipinski definition) is 1. The molecule has 0 saturated heterocycles. The number of nitrogens with zero attached hydrogens (tertiary/aromatic N) is 2. The fourth-order valence-corrected chi connectivity index (χ4v) is 3.19. The summed E-state index contributed by atoms with van der Waals surface area (Å²) in [6.45, 7) is 1.80. The lowest BCUT2D eigenvalue weighted by molar-refractivity contribution is 0.0693. The largest absolute Gasteiger partial charge is 0.478 e. The summed E-state index contributed by atoms with van der Waals surface area (Å²) in [7, 11) is 0. The molecule has 1 N–H and O–H groups in total. The Morgan fingerprint density at radius 1 is 1.40 bits per heavy atom. The van der Waals surface area contributed by atoms with Crippen molar-refractivity contribution in [3.63, 3.8) is 0 Å². The summed E-state index contributed by atoms with van der Waals surface area (Å²) in [5, 5.41) is 18.7. The number of pyridine rings is 1. The van der Waals surface area contributed by atoms with Crippen molar-refractivity contribution in [3.05, 3.63) is 51.6 Å². The van der Waals surface area contributed by atoms with Gasteiger partial charge in [-0.2, -0.15) is 5.26 Å². The molecule has 0 aliphatic heterocycles. The number of carbonyl (C=O) groups is 1. The van der Waals surface area contributed by atoms with Gasteiger partial charge in [-0.05, 0) is 37.3 Å². The van der Waals surface area contributed by atoms with E-state index in [9.17, 15) is 9.90 Å². The number of halogens is 1. The lowest BCUT2D eigenvalue weighted by Crippen LogP contribution is -1.99. The molecule has 2 aromatic rings. The first-order valence-electron chi connectivity index (χ1n) is 5.59. The molecule has 1 aromatic heterocycles. The fourth-order valence-electron chi connectivity index (χ4n) is 1.62. The first kappa shape index (κ1) is 14.6. The molecule has 2 rings (SSSR count). The van der Waals surface area contributed by atoms with Crippen LogP contribution in [0.3, 0.4) is 0 Å². The van der Waals surface area contributed by atoms with Gasteiger partial charge in [0, 0.05) is 15.1 Å². The van der Waals surface area contributed by atoms with E-state index in [1.807, 2.05) is 0 Å². The van der Waals surface area contributed by atoms with Crippen LogP contribution >= 0.6 is 27.7 Å². The molecule has 6 heteroatoms. The lowest BCUT2D eigenvalue weighted by Gasteiger charge is -2.07. The minimum atomic E-state index is -0.992. The summed E-state index contributed by atoms with van der Waals surface area (Å²) < 4.78 is 0.790. The molecule has 0 bridgehead atoms. The molecule has 0 amide bonds. The molecular formula is C14H9BrN2O2S. The Hall–Kier alpha value is -1.84. The highest BCUT2D eigenvalue weighted by atomic mass is 79.9. The average molecular weight is 349 g/mol. The van der Waals surface area contributed by atoms with Crippen molar-refractivity contribution in [3.8, 4) is 6.07 Å². The van der Waals surface area contributed by atoms with Crippen LogP contribution in [0.1, 0.15) is 21.6 Å². The standard InChI is InChI=1S/C14H9BrN2O2S/c1-8-4-9(7-16)5-13(17-8)20-12-6-10(15)2-3-11(12)14(18)19/h2-6H,1H3,(H,18,19). The van der Waals surface area contributed by atoms with Gasteiger partial charge in [-0.15, -0.1) is 0 Å². The summed E-state index contributed by atoms with van der Waals surface area (Å²) >= 11 is 4.55. The number of nitriles is 1. The van der Waals surface area contributed by atoms with E-state index in [-0.39, 0.29) is 5.56 Å². The summed E-state index contributed by atoms with van der Waals surface area (Å²) in [6, 6.07) is 10.3. The summed E-state index contributed by atoms with van der Waals surface area (Å²) in [5.41, 5.74) is 1.44. The van der Waals surface area contributed by atoms with E-state index in [1.165, 1.54) is 17.8 Å². The first-order valence-corrected chi connectivity index (χ1v) is 7.20. The Bertz CT molecular complexity index is 726. The molecular weight excluding hydrogens is 340 g/mol. The van der Waals surface area contributed by atoms with Crippen molar-refractivity contribution >= 4 is 33.7 Å². The Kier molecular flexibility index (Phi) is 4.42. The fraction of sp³-hybridized carbons (Fsp3) is 0.0714. The second-order valence-corrected chi connectivity index (χ2v) is 5.97. The van der Waals surface area contributed by atoms with Crippen LogP contribution in [0.4, 0.5) is 0 Å². The Labute approximate surface area is 128 Å². The molecule has 4 nitrogen and oxygen atoms in total. The van der Waals surface area contributed by atoms with E-state index in [4.69, 9.17) is 5.26 Å². The van der Waals surface area contributed by atoms with Gasteiger partial charge in [-0.3, -0.25) is 0 Å². The zero-order chi connectivity index (χ0) is 14.7. The SMILES string of the molecule is Cc1cc(C#N)cc(Sc2cc(Br)ccc2C(=O)O)n1. The van der Waals surface area contributed by atoms with Gasteiger partial charge < -0.3 is 5.11 Å². The van der Waals surface area contributed by atoms with Crippen LogP contribution in [0, 0.1) is 18.3 Å². The van der Waals surface area contributed by atoms with E-state index >= 15 is 0 Å². The predicted octanol–water partition coefficient (Wildman–Crippen LogP) is 3.87. The molecule has 0 spiro atoms. The molecule has 0 radical (unpaired) electrons. The topological polar surface area (TPSA) is 74.0 Å². The molecule has 1 aromatic carbocycles. The summed E-state index contributed by atoms with van der Waals surface area (Å²) in [6.07, 6.45) is 0. The number of aromatic carboxylic acids is 1. The van der Waals surface area contributed by atoms with Crippen LogP contribution in [0.25, 0.3) is 0 Å². The number of aromatic nitrogens is 1. The minimum Gasteiger partial charge on any atom is -0.478 e. The Balaban J connectivity index is 2.44. The zero-order valence-corrected chi connectivity index (χ0v) is 12.8. The van der Waals surface area contributed by atoms with Crippen molar-refractivity contribution in [1.82, 2.24) is 4.98 Å². The first-order chi connectivity index (χ1) is 9.49. The van der Waals surface area contributed by atoms with Gasteiger partial charge in [0.15, 0.2) is 0 Å². The molecule has 0 atom stereocenters. The van der Waals surface area contributed by atoms with Crippen molar-refractivity contribution in [2.75, 3.05) is 0 Å². The van der Waals surface area contributed by atoms with Crippen LogP contribution in [-0.4, -0.2) is 16.1 Å².